The van der Waals surface area contributed by atoms with Crippen LogP contribution in [0.4, 0.5) is 16.3 Å². The summed E-state index contributed by atoms with van der Waals surface area (Å²) in [6, 6.07) is 6.70. The molecule has 1 N–H and O–H groups in total. The number of piperazine rings is 1. The molecule has 2 aliphatic heterocycles. The number of carbonyl (C=O) groups is 1. The van der Waals surface area contributed by atoms with Gasteiger partial charge in [0.2, 0.25) is 10.0 Å². The van der Waals surface area contributed by atoms with Crippen LogP contribution in [-0.2, 0) is 14.8 Å². The summed E-state index contributed by atoms with van der Waals surface area (Å²) < 4.78 is 32.1. The first-order chi connectivity index (χ1) is 14.5. The highest BCUT2D eigenvalue weighted by atomic mass is 32.2. The van der Waals surface area contributed by atoms with Crippen molar-refractivity contribution in [3.63, 3.8) is 0 Å². The van der Waals surface area contributed by atoms with Crippen molar-refractivity contribution in [3.8, 4) is 0 Å². The minimum atomic E-state index is -3.55. The van der Waals surface area contributed by atoms with E-state index in [-0.39, 0.29) is 10.9 Å². The first-order valence-electron chi connectivity index (χ1n) is 9.79. The summed E-state index contributed by atoms with van der Waals surface area (Å²) in [4.78, 5) is 24.7. The van der Waals surface area contributed by atoms with Crippen molar-refractivity contribution in [3.05, 3.63) is 42.9 Å². The number of hydrogen-bond acceptors (Lipinski definition) is 7. The number of aromatic nitrogens is 2. The number of pyridine rings is 2. The Balaban J connectivity index is 1.34. The summed E-state index contributed by atoms with van der Waals surface area (Å²) in [5, 5.41) is 2.83. The molecular weight excluding hydrogens is 408 g/mol. The van der Waals surface area contributed by atoms with E-state index in [0.717, 1.165) is 0 Å². The maximum atomic E-state index is 12.7. The molecule has 0 bridgehead atoms. The number of anilines is 2. The van der Waals surface area contributed by atoms with Gasteiger partial charge in [0, 0.05) is 51.7 Å². The summed E-state index contributed by atoms with van der Waals surface area (Å²) in [5.41, 5.74) is 0.656. The van der Waals surface area contributed by atoms with E-state index >= 15 is 0 Å². The van der Waals surface area contributed by atoms with Gasteiger partial charge in [-0.2, -0.15) is 4.31 Å². The van der Waals surface area contributed by atoms with Crippen LogP contribution in [0.5, 0.6) is 0 Å². The molecule has 11 heteroatoms. The number of hydrogen-bond donors (Lipinski definition) is 1. The van der Waals surface area contributed by atoms with Gasteiger partial charge in [-0.3, -0.25) is 4.98 Å². The van der Waals surface area contributed by atoms with Crippen LogP contribution in [0.1, 0.15) is 0 Å². The first-order valence-corrected chi connectivity index (χ1v) is 11.2. The minimum absolute atomic E-state index is 0.164. The molecular formula is C19H24N6O4S. The van der Waals surface area contributed by atoms with Gasteiger partial charge in [0.25, 0.3) is 0 Å². The summed E-state index contributed by atoms with van der Waals surface area (Å²) in [6.07, 6.45) is 4.66. The van der Waals surface area contributed by atoms with Crippen LogP contribution in [0.2, 0.25) is 0 Å². The van der Waals surface area contributed by atoms with Gasteiger partial charge in [-0.15, -0.1) is 0 Å². The number of nitrogens with zero attached hydrogens (tertiary/aromatic N) is 5. The van der Waals surface area contributed by atoms with Crippen LogP contribution in [0, 0.1) is 0 Å². The lowest BCUT2D eigenvalue weighted by molar-refractivity contribution is 0.0730. The molecule has 160 valence electrons. The highest BCUT2D eigenvalue weighted by Gasteiger charge is 2.27. The number of ether oxygens (including phenoxy) is 1. The van der Waals surface area contributed by atoms with Crippen molar-refractivity contribution < 1.29 is 17.9 Å². The van der Waals surface area contributed by atoms with Crippen LogP contribution in [-0.4, -0.2) is 86.1 Å². The predicted octanol–water partition coefficient (Wildman–Crippen LogP) is 0.852. The molecule has 2 saturated heterocycles. The average molecular weight is 433 g/mol. The fourth-order valence-corrected chi connectivity index (χ4v) is 4.78. The van der Waals surface area contributed by atoms with Gasteiger partial charge in [-0.05, 0) is 24.3 Å². The second kappa shape index (κ2) is 8.94. The lowest BCUT2D eigenvalue weighted by Crippen LogP contribution is -2.50. The topological polar surface area (TPSA) is 108 Å². The molecule has 10 nitrogen and oxygen atoms in total. The monoisotopic (exact) mass is 432 g/mol. The van der Waals surface area contributed by atoms with E-state index in [4.69, 9.17) is 4.74 Å². The van der Waals surface area contributed by atoms with Crippen molar-refractivity contribution in [1.29, 1.82) is 0 Å². The fraction of sp³-hybridized carbons (Fsp3) is 0.421. The summed E-state index contributed by atoms with van der Waals surface area (Å²) in [6.45, 7) is 3.84. The molecule has 0 unspecified atom stereocenters. The third-order valence-electron chi connectivity index (χ3n) is 5.13. The molecule has 2 aromatic rings. The Kier molecular flexibility index (Phi) is 6.11. The van der Waals surface area contributed by atoms with Gasteiger partial charge >= 0.3 is 6.03 Å². The number of nitrogens with one attached hydrogen (secondary N) is 1. The molecule has 2 aliphatic rings. The van der Waals surface area contributed by atoms with Gasteiger partial charge in [-0.25, -0.2) is 18.2 Å². The van der Waals surface area contributed by atoms with Crippen molar-refractivity contribution in [1.82, 2.24) is 19.2 Å². The SMILES string of the molecule is O=C(Nc1cccnc1)N1CCN(c2ccc(S(=O)(=O)N3CCOCC3)cn2)CC1. The summed E-state index contributed by atoms with van der Waals surface area (Å²) in [7, 11) is -3.55. The Morgan fingerprint density at radius 3 is 2.40 bits per heavy atom. The summed E-state index contributed by atoms with van der Waals surface area (Å²) in [5.74, 6) is 0.697. The number of morpholine rings is 1. The zero-order valence-electron chi connectivity index (χ0n) is 16.5. The van der Waals surface area contributed by atoms with E-state index in [1.165, 1.54) is 10.5 Å². The average Bonchev–Trinajstić information content (AvgIpc) is 2.80. The van der Waals surface area contributed by atoms with Gasteiger partial charge in [0.15, 0.2) is 0 Å². The van der Waals surface area contributed by atoms with E-state index in [1.54, 1.807) is 41.6 Å². The van der Waals surface area contributed by atoms with Crippen LogP contribution < -0.4 is 10.2 Å². The number of carbonyl (C=O) groups excluding carboxylic acids is 1. The van der Waals surface area contributed by atoms with Gasteiger partial charge in [-0.1, -0.05) is 0 Å². The highest BCUT2D eigenvalue weighted by molar-refractivity contribution is 7.89. The molecule has 0 saturated carbocycles. The molecule has 0 radical (unpaired) electrons. The standard InChI is InChI=1S/C19H24N6O4S/c26-19(22-16-2-1-5-20-14-16)24-8-6-23(7-9-24)18-4-3-17(15-21-18)30(27,28)25-10-12-29-13-11-25/h1-5,14-15H,6-13H2,(H,22,26). The Bertz CT molecular complexity index is 956. The van der Waals surface area contributed by atoms with E-state index in [1.807, 2.05) is 4.90 Å². The maximum Gasteiger partial charge on any atom is 0.322 e. The summed E-state index contributed by atoms with van der Waals surface area (Å²) >= 11 is 0. The second-order valence-electron chi connectivity index (χ2n) is 7.01. The van der Waals surface area contributed by atoms with E-state index in [9.17, 15) is 13.2 Å². The van der Waals surface area contributed by atoms with Gasteiger partial charge < -0.3 is 19.9 Å². The lowest BCUT2D eigenvalue weighted by atomic mass is 10.3. The first kappa shape index (κ1) is 20.5. The third-order valence-corrected chi connectivity index (χ3v) is 7.01. The van der Waals surface area contributed by atoms with Crippen LogP contribution in [0.3, 0.4) is 0 Å². The van der Waals surface area contributed by atoms with Crippen molar-refractivity contribution >= 4 is 27.6 Å². The second-order valence-corrected chi connectivity index (χ2v) is 8.95. The fourth-order valence-electron chi connectivity index (χ4n) is 3.43. The smallest absolute Gasteiger partial charge is 0.322 e. The zero-order valence-corrected chi connectivity index (χ0v) is 17.3. The number of amides is 2. The molecule has 2 fully saturated rings. The Hall–Kier alpha value is -2.76. The van der Waals surface area contributed by atoms with E-state index in [2.05, 4.69) is 15.3 Å². The molecule has 0 aromatic carbocycles. The van der Waals surface area contributed by atoms with Crippen LogP contribution in [0.25, 0.3) is 0 Å². The normalized spacial score (nSPS) is 18.3. The molecule has 0 atom stereocenters. The van der Waals surface area contributed by atoms with Gasteiger partial charge in [0.05, 0.1) is 25.1 Å². The van der Waals surface area contributed by atoms with Crippen molar-refractivity contribution in [2.45, 2.75) is 4.90 Å². The molecule has 2 aromatic heterocycles. The number of rotatable bonds is 4. The molecule has 4 heterocycles. The Labute approximate surface area is 175 Å². The van der Waals surface area contributed by atoms with Crippen molar-refractivity contribution in [2.75, 3.05) is 62.7 Å². The Morgan fingerprint density at radius 2 is 1.77 bits per heavy atom. The third kappa shape index (κ3) is 4.53. The number of sulfonamides is 1. The minimum Gasteiger partial charge on any atom is -0.379 e. The molecule has 0 spiro atoms. The van der Waals surface area contributed by atoms with Gasteiger partial charge in [0.1, 0.15) is 10.7 Å². The van der Waals surface area contributed by atoms with E-state index < -0.39 is 10.0 Å². The number of urea groups is 1. The highest BCUT2D eigenvalue weighted by Crippen LogP contribution is 2.20. The predicted molar refractivity (Wildman–Crippen MR) is 111 cm³/mol. The molecule has 0 aliphatic carbocycles. The quantitative estimate of drug-likeness (QED) is 0.763. The van der Waals surface area contributed by atoms with E-state index in [0.29, 0.717) is 64.0 Å². The van der Waals surface area contributed by atoms with Crippen LogP contribution >= 0.6 is 0 Å². The Morgan fingerprint density at radius 1 is 1.00 bits per heavy atom. The zero-order chi connectivity index (χ0) is 21.0. The maximum absolute atomic E-state index is 12.7. The largest absolute Gasteiger partial charge is 0.379 e. The lowest BCUT2D eigenvalue weighted by Gasteiger charge is -2.35. The molecule has 2 amide bonds. The molecule has 4 rings (SSSR count). The molecule has 30 heavy (non-hydrogen) atoms. The van der Waals surface area contributed by atoms with Crippen molar-refractivity contribution in [2.24, 2.45) is 0 Å². The van der Waals surface area contributed by atoms with Crippen LogP contribution in [0.15, 0.2) is 47.8 Å².